The van der Waals surface area contributed by atoms with Crippen molar-refractivity contribution < 1.29 is 26.5 Å². The molecular formula is C25H25F3N6O3S. The Bertz CT molecular complexity index is 1550. The second kappa shape index (κ2) is 10.4. The smallest absolute Gasteiger partial charge is 0.414 e. The molecule has 0 radical (unpaired) electrons. The zero-order valence-electron chi connectivity index (χ0n) is 20.7. The van der Waals surface area contributed by atoms with Crippen molar-refractivity contribution in [2.75, 3.05) is 12.8 Å². The SMILES string of the molecule is C=S(=O)(c1ccc(-c2cnc(N)c(-c3nnc(-c4ccc(CNC)cc4)o3)n2)cc1OC(F)(F)F)C(C)C. The molecule has 2 aromatic heterocycles. The van der Waals surface area contributed by atoms with E-state index in [0.29, 0.717) is 12.1 Å². The van der Waals surface area contributed by atoms with E-state index >= 15 is 0 Å². The Labute approximate surface area is 217 Å². The normalized spacial score (nSPS) is 13.4. The number of rotatable bonds is 8. The van der Waals surface area contributed by atoms with Gasteiger partial charge in [0, 0.05) is 32.4 Å². The van der Waals surface area contributed by atoms with Crippen LogP contribution in [-0.2, 0) is 16.1 Å². The Kier molecular flexibility index (Phi) is 7.42. The highest BCUT2D eigenvalue weighted by molar-refractivity contribution is 8.01. The van der Waals surface area contributed by atoms with E-state index in [-0.39, 0.29) is 39.4 Å². The molecule has 38 heavy (non-hydrogen) atoms. The molecule has 0 aliphatic rings. The summed E-state index contributed by atoms with van der Waals surface area (Å²) in [6.45, 7) is 3.91. The number of alkyl halides is 3. The summed E-state index contributed by atoms with van der Waals surface area (Å²) in [5, 5.41) is 10.6. The van der Waals surface area contributed by atoms with E-state index in [4.69, 9.17) is 10.2 Å². The van der Waals surface area contributed by atoms with Gasteiger partial charge in [-0.2, -0.15) is 0 Å². The zero-order chi connectivity index (χ0) is 27.7. The Morgan fingerprint density at radius 2 is 1.76 bits per heavy atom. The van der Waals surface area contributed by atoms with Crippen molar-refractivity contribution >= 4 is 21.2 Å². The van der Waals surface area contributed by atoms with Crippen LogP contribution in [0.5, 0.6) is 5.75 Å². The van der Waals surface area contributed by atoms with E-state index in [1.165, 1.54) is 18.3 Å². The van der Waals surface area contributed by atoms with Gasteiger partial charge in [-0.1, -0.05) is 32.0 Å². The molecule has 2 aromatic carbocycles. The lowest BCUT2D eigenvalue weighted by molar-refractivity contribution is -0.275. The van der Waals surface area contributed by atoms with Crippen LogP contribution in [0.15, 0.2) is 58.0 Å². The summed E-state index contributed by atoms with van der Waals surface area (Å²) >= 11 is 0. The first-order valence-electron chi connectivity index (χ1n) is 11.4. The molecular weight excluding hydrogens is 521 g/mol. The summed E-state index contributed by atoms with van der Waals surface area (Å²) in [5.41, 5.74) is 8.17. The van der Waals surface area contributed by atoms with E-state index < -0.39 is 26.9 Å². The van der Waals surface area contributed by atoms with Crippen molar-refractivity contribution in [3.63, 3.8) is 0 Å². The van der Waals surface area contributed by atoms with Crippen molar-refractivity contribution in [2.24, 2.45) is 0 Å². The van der Waals surface area contributed by atoms with Gasteiger partial charge < -0.3 is 20.2 Å². The third kappa shape index (κ3) is 5.78. The van der Waals surface area contributed by atoms with E-state index in [2.05, 4.69) is 36.1 Å². The summed E-state index contributed by atoms with van der Waals surface area (Å²) in [5.74, 6) is 3.20. The minimum atomic E-state index is -5.01. The molecule has 200 valence electrons. The lowest BCUT2D eigenvalue weighted by Crippen LogP contribution is -2.21. The van der Waals surface area contributed by atoms with Crippen LogP contribution in [0.1, 0.15) is 19.4 Å². The lowest BCUT2D eigenvalue weighted by Gasteiger charge is -2.19. The molecule has 0 fully saturated rings. The maximum Gasteiger partial charge on any atom is 0.573 e. The first-order valence-corrected chi connectivity index (χ1v) is 13.1. The third-order valence-electron chi connectivity index (χ3n) is 5.61. The van der Waals surface area contributed by atoms with Crippen molar-refractivity contribution in [3.05, 3.63) is 54.2 Å². The molecule has 0 saturated heterocycles. The van der Waals surface area contributed by atoms with Gasteiger partial charge in [0.05, 0.1) is 16.8 Å². The summed E-state index contributed by atoms with van der Waals surface area (Å²) in [6, 6.07) is 11.3. The van der Waals surface area contributed by atoms with Gasteiger partial charge in [0.15, 0.2) is 11.5 Å². The first kappa shape index (κ1) is 27.1. The van der Waals surface area contributed by atoms with Gasteiger partial charge in [-0.25, -0.2) is 9.97 Å². The first-order chi connectivity index (χ1) is 17.9. The number of hydrogen-bond donors (Lipinski definition) is 2. The van der Waals surface area contributed by atoms with Crippen LogP contribution >= 0.6 is 0 Å². The van der Waals surface area contributed by atoms with Gasteiger partial charge in [0.2, 0.25) is 5.89 Å². The van der Waals surface area contributed by atoms with Crippen LogP contribution in [0, 0.1) is 0 Å². The molecule has 0 aliphatic carbocycles. The van der Waals surface area contributed by atoms with Gasteiger partial charge in [0.25, 0.3) is 5.89 Å². The van der Waals surface area contributed by atoms with Crippen molar-refractivity contribution in [1.82, 2.24) is 25.5 Å². The van der Waals surface area contributed by atoms with Crippen molar-refractivity contribution in [1.29, 1.82) is 0 Å². The van der Waals surface area contributed by atoms with Crippen molar-refractivity contribution in [2.45, 2.75) is 36.9 Å². The Morgan fingerprint density at radius 3 is 2.39 bits per heavy atom. The highest BCUT2D eigenvalue weighted by atomic mass is 32.2. The average molecular weight is 547 g/mol. The number of nitrogens with two attached hydrogens (primary N) is 1. The largest absolute Gasteiger partial charge is 0.573 e. The molecule has 1 atom stereocenters. The fourth-order valence-electron chi connectivity index (χ4n) is 3.51. The monoisotopic (exact) mass is 546 g/mol. The second-order valence-corrected chi connectivity index (χ2v) is 11.4. The summed E-state index contributed by atoms with van der Waals surface area (Å²) < 4.78 is 62.6. The van der Waals surface area contributed by atoms with Crippen molar-refractivity contribution in [3.8, 4) is 40.0 Å². The van der Waals surface area contributed by atoms with Gasteiger partial charge in [-0.15, -0.1) is 23.4 Å². The molecule has 0 bridgehead atoms. The highest BCUT2D eigenvalue weighted by Gasteiger charge is 2.34. The Morgan fingerprint density at radius 1 is 1.11 bits per heavy atom. The quantitative estimate of drug-likeness (QED) is 0.306. The fraction of sp³-hybridized carbons (Fsp3) is 0.240. The minimum Gasteiger partial charge on any atom is -0.414 e. The maximum atomic E-state index is 13.2. The summed E-state index contributed by atoms with van der Waals surface area (Å²) in [7, 11) is -1.24. The van der Waals surface area contributed by atoms with E-state index in [9.17, 15) is 17.4 Å². The van der Waals surface area contributed by atoms with Gasteiger partial charge >= 0.3 is 6.36 Å². The Hall–Kier alpha value is -3.97. The Balaban J connectivity index is 1.72. The second-order valence-electron chi connectivity index (χ2n) is 8.61. The van der Waals surface area contributed by atoms with E-state index in [1.54, 1.807) is 13.8 Å². The molecule has 4 aromatic rings. The summed E-state index contributed by atoms with van der Waals surface area (Å²) in [6.07, 6.45) is -3.73. The van der Waals surface area contributed by atoms with Gasteiger partial charge in [0.1, 0.15) is 5.75 Å². The van der Waals surface area contributed by atoms with E-state index in [1.807, 2.05) is 31.3 Å². The third-order valence-corrected chi connectivity index (χ3v) is 8.21. The highest BCUT2D eigenvalue weighted by Crippen LogP contribution is 2.36. The number of nitrogens with one attached hydrogen (secondary N) is 1. The number of ether oxygens (including phenoxy) is 1. The minimum absolute atomic E-state index is 0.0164. The molecule has 3 N–H and O–H groups in total. The predicted molar refractivity (Wildman–Crippen MR) is 139 cm³/mol. The van der Waals surface area contributed by atoms with Gasteiger partial charge in [-0.3, -0.25) is 4.21 Å². The number of halogens is 3. The molecule has 0 aliphatic heterocycles. The molecule has 0 spiro atoms. The number of benzene rings is 2. The standard InChI is InChI=1S/C25H25F3N6O3S/c1-14(2)38(4,35)20-10-9-17(11-19(20)37-25(26,27)28)18-13-31-22(29)21(32-18)24-34-33-23(36-24)16-7-5-15(6-8-16)12-30-3/h5-11,13-14,30H,4,12H2,1-3H3,(H2,29,31). The van der Waals surface area contributed by atoms with Crippen LogP contribution in [0.25, 0.3) is 34.3 Å². The molecule has 2 heterocycles. The van der Waals surface area contributed by atoms with Crippen LogP contribution in [0.2, 0.25) is 0 Å². The average Bonchev–Trinajstić information content (AvgIpc) is 3.34. The lowest BCUT2D eigenvalue weighted by atomic mass is 10.1. The topological polar surface area (TPSA) is 129 Å². The summed E-state index contributed by atoms with van der Waals surface area (Å²) in [4.78, 5) is 8.35. The number of hydrogen-bond acceptors (Lipinski definition) is 9. The van der Waals surface area contributed by atoms with Crippen LogP contribution in [-0.4, -0.2) is 48.9 Å². The maximum absolute atomic E-state index is 13.2. The molecule has 0 saturated carbocycles. The molecule has 1 unspecified atom stereocenters. The molecule has 13 heteroatoms. The zero-order valence-corrected chi connectivity index (χ0v) is 21.6. The van der Waals surface area contributed by atoms with Crippen LogP contribution in [0.3, 0.4) is 0 Å². The number of aromatic nitrogens is 4. The van der Waals surface area contributed by atoms with Crippen LogP contribution in [0.4, 0.5) is 19.0 Å². The predicted octanol–water partition coefficient (Wildman–Crippen LogP) is 4.54. The number of anilines is 1. The molecule has 9 nitrogen and oxygen atoms in total. The number of nitrogens with zero attached hydrogens (tertiary/aromatic N) is 4. The van der Waals surface area contributed by atoms with E-state index in [0.717, 1.165) is 11.6 Å². The number of nitrogen functional groups attached to an aromatic ring is 1. The van der Waals surface area contributed by atoms with Gasteiger partial charge in [-0.05, 0) is 42.7 Å². The fourth-order valence-corrected chi connectivity index (χ4v) is 4.76. The molecule has 4 rings (SSSR count). The van der Waals surface area contributed by atoms with Crippen LogP contribution < -0.4 is 15.8 Å². The molecule has 0 amide bonds.